The molecule has 0 amide bonds. The molecule has 0 fully saturated rings. The second-order valence-corrected chi connectivity index (χ2v) is 2.49. The van der Waals surface area contributed by atoms with Crippen molar-refractivity contribution in [2.75, 3.05) is 13.7 Å². The van der Waals surface area contributed by atoms with Crippen LogP contribution in [-0.2, 0) is 0 Å². The van der Waals surface area contributed by atoms with Crippen molar-refractivity contribution in [2.24, 2.45) is 0 Å². The predicted octanol–water partition coefficient (Wildman–Crippen LogP) is 1.52. The number of nitrogens with zero attached hydrogens (tertiary/aromatic N) is 1. The van der Waals surface area contributed by atoms with Gasteiger partial charge in [-0.3, -0.25) is 10.1 Å². The fourth-order valence-electron chi connectivity index (χ4n) is 0.920. The normalized spacial score (nSPS) is 9.62. The molecule has 4 heteroatoms. The summed E-state index contributed by atoms with van der Waals surface area (Å²) in [6.45, 7) is -0.146. The van der Waals surface area contributed by atoms with Gasteiger partial charge in [0, 0.05) is 4.92 Å². The van der Waals surface area contributed by atoms with Crippen molar-refractivity contribution in [2.45, 2.75) is 0 Å². The third-order valence-electron chi connectivity index (χ3n) is 1.59. The summed E-state index contributed by atoms with van der Waals surface area (Å²) in [5.41, 5.74) is 0.831. The lowest BCUT2D eigenvalue weighted by Gasteiger charge is -2.00. The van der Waals surface area contributed by atoms with E-state index < -0.39 is 0 Å². The Morgan fingerprint density at radius 3 is 2.54 bits per heavy atom. The first-order valence-corrected chi connectivity index (χ1v) is 3.81. The molecule has 0 aliphatic carbocycles. The highest BCUT2D eigenvalue weighted by Gasteiger charge is 2.00. The van der Waals surface area contributed by atoms with Crippen LogP contribution in [0.2, 0.25) is 0 Å². The number of hydrogen-bond acceptors (Lipinski definition) is 3. The van der Waals surface area contributed by atoms with Crippen molar-refractivity contribution in [3.8, 4) is 5.75 Å². The maximum absolute atomic E-state index is 10.0. The largest absolute Gasteiger partial charge is 0.497 e. The average molecular weight is 180 g/mol. The van der Waals surface area contributed by atoms with Gasteiger partial charge in [0.2, 0.25) is 6.54 Å². The van der Waals surface area contributed by atoms with Gasteiger partial charge in [-0.25, -0.2) is 0 Å². The minimum atomic E-state index is -0.371. The summed E-state index contributed by atoms with van der Waals surface area (Å²) in [7, 11) is 1.58. The van der Waals surface area contributed by atoms with Crippen LogP contribution in [0, 0.1) is 16.5 Å². The highest BCUT2D eigenvalue weighted by Crippen LogP contribution is 2.12. The van der Waals surface area contributed by atoms with Gasteiger partial charge in [0.1, 0.15) is 5.75 Å². The van der Waals surface area contributed by atoms with Crippen LogP contribution in [0.3, 0.4) is 0 Å². The third-order valence-corrected chi connectivity index (χ3v) is 1.59. The van der Waals surface area contributed by atoms with Crippen molar-refractivity contribution >= 4 is 0 Å². The molecule has 1 radical (unpaired) electrons. The van der Waals surface area contributed by atoms with E-state index in [0.29, 0.717) is 0 Å². The number of ether oxygens (including phenoxy) is 1. The zero-order valence-electron chi connectivity index (χ0n) is 7.27. The summed E-state index contributed by atoms with van der Waals surface area (Å²) in [6.07, 6.45) is 1.56. The van der Waals surface area contributed by atoms with Crippen LogP contribution < -0.4 is 4.74 Å². The minimum Gasteiger partial charge on any atom is -0.497 e. The second kappa shape index (κ2) is 4.45. The van der Waals surface area contributed by atoms with Gasteiger partial charge in [0.05, 0.1) is 13.5 Å². The second-order valence-electron chi connectivity index (χ2n) is 2.49. The van der Waals surface area contributed by atoms with Crippen LogP contribution in [-0.4, -0.2) is 18.6 Å². The van der Waals surface area contributed by atoms with Gasteiger partial charge in [-0.1, -0.05) is 12.1 Å². The summed E-state index contributed by atoms with van der Waals surface area (Å²) in [5.74, 6) is 0.748. The standard InChI is InChI=1S/C9H10NO3/c1-13-9-4-2-8(3-5-9)6-7-10(11)12/h2-6H,7H2,1H3. The summed E-state index contributed by atoms with van der Waals surface area (Å²) in [4.78, 5) is 9.67. The molecule has 0 N–H and O–H groups in total. The highest BCUT2D eigenvalue weighted by atomic mass is 16.6. The number of benzene rings is 1. The molecule has 0 saturated heterocycles. The van der Waals surface area contributed by atoms with Crippen LogP contribution in [0.4, 0.5) is 0 Å². The third kappa shape index (κ3) is 3.11. The molecular formula is C9H10NO3. The molecule has 0 aliphatic heterocycles. The van der Waals surface area contributed by atoms with Crippen molar-refractivity contribution < 1.29 is 9.66 Å². The van der Waals surface area contributed by atoms with E-state index in [2.05, 4.69) is 0 Å². The molecule has 0 spiro atoms. The molecule has 0 aromatic heterocycles. The van der Waals surface area contributed by atoms with E-state index >= 15 is 0 Å². The SMILES string of the molecule is COc1ccc([CH]C[N+](=O)[O-])cc1. The lowest BCUT2D eigenvalue weighted by Crippen LogP contribution is -2.01. The summed E-state index contributed by atoms with van der Waals surface area (Å²) >= 11 is 0. The summed E-state index contributed by atoms with van der Waals surface area (Å²) in [6, 6.07) is 7.10. The van der Waals surface area contributed by atoms with E-state index in [1.807, 2.05) is 0 Å². The minimum absolute atomic E-state index is 0.146. The fourth-order valence-corrected chi connectivity index (χ4v) is 0.920. The number of methoxy groups -OCH3 is 1. The first kappa shape index (κ1) is 9.51. The van der Waals surface area contributed by atoms with Gasteiger partial charge < -0.3 is 4.74 Å². The topological polar surface area (TPSA) is 52.4 Å². The monoisotopic (exact) mass is 180 g/mol. The molecule has 1 aromatic carbocycles. The lowest BCUT2D eigenvalue weighted by molar-refractivity contribution is -0.471. The Morgan fingerprint density at radius 2 is 2.08 bits per heavy atom. The van der Waals surface area contributed by atoms with Crippen LogP contribution in [0.15, 0.2) is 24.3 Å². The molecule has 0 aliphatic rings. The first-order chi connectivity index (χ1) is 6.22. The molecule has 0 atom stereocenters. The first-order valence-electron chi connectivity index (χ1n) is 3.81. The Morgan fingerprint density at radius 1 is 1.46 bits per heavy atom. The van der Waals surface area contributed by atoms with E-state index in [4.69, 9.17) is 4.74 Å². The van der Waals surface area contributed by atoms with E-state index in [1.165, 1.54) is 0 Å². The smallest absolute Gasteiger partial charge is 0.211 e. The van der Waals surface area contributed by atoms with E-state index in [9.17, 15) is 10.1 Å². The van der Waals surface area contributed by atoms with E-state index in [0.717, 1.165) is 11.3 Å². The fraction of sp³-hybridized carbons (Fsp3) is 0.222. The van der Waals surface area contributed by atoms with E-state index in [1.54, 1.807) is 37.8 Å². The van der Waals surface area contributed by atoms with Gasteiger partial charge >= 0.3 is 0 Å². The number of hydrogen-bond donors (Lipinski definition) is 0. The quantitative estimate of drug-likeness (QED) is 0.521. The Bertz CT molecular complexity index is 281. The number of nitro groups is 1. The predicted molar refractivity (Wildman–Crippen MR) is 48.3 cm³/mol. The van der Waals surface area contributed by atoms with E-state index in [-0.39, 0.29) is 11.5 Å². The molecule has 13 heavy (non-hydrogen) atoms. The molecule has 0 saturated carbocycles. The molecule has 0 bridgehead atoms. The van der Waals surface area contributed by atoms with Crippen molar-refractivity contribution in [3.05, 3.63) is 46.4 Å². The van der Waals surface area contributed by atoms with Gasteiger partial charge in [0.25, 0.3) is 0 Å². The summed E-state index contributed by atoms with van der Waals surface area (Å²) < 4.78 is 4.95. The van der Waals surface area contributed by atoms with Crippen LogP contribution in [0.5, 0.6) is 5.75 Å². The van der Waals surface area contributed by atoms with Crippen LogP contribution in [0.1, 0.15) is 5.56 Å². The molecule has 4 nitrogen and oxygen atoms in total. The lowest BCUT2D eigenvalue weighted by atomic mass is 10.1. The Balaban J connectivity index is 2.54. The molecular weight excluding hydrogens is 170 g/mol. The zero-order valence-corrected chi connectivity index (χ0v) is 7.27. The Kier molecular flexibility index (Phi) is 3.25. The van der Waals surface area contributed by atoms with Gasteiger partial charge in [-0.15, -0.1) is 0 Å². The zero-order chi connectivity index (χ0) is 9.68. The van der Waals surface area contributed by atoms with Crippen molar-refractivity contribution in [3.63, 3.8) is 0 Å². The molecule has 1 rings (SSSR count). The Hall–Kier alpha value is -1.58. The highest BCUT2D eigenvalue weighted by molar-refractivity contribution is 5.31. The van der Waals surface area contributed by atoms with Crippen molar-refractivity contribution in [1.82, 2.24) is 0 Å². The van der Waals surface area contributed by atoms with Crippen LogP contribution >= 0.6 is 0 Å². The van der Waals surface area contributed by atoms with Gasteiger partial charge in [-0.05, 0) is 17.7 Å². The summed E-state index contributed by atoms with van der Waals surface area (Å²) in [5, 5.41) is 10.0. The number of rotatable bonds is 4. The van der Waals surface area contributed by atoms with Gasteiger partial charge in [-0.2, -0.15) is 0 Å². The Labute approximate surface area is 76.3 Å². The molecule has 0 unspecified atom stereocenters. The maximum Gasteiger partial charge on any atom is 0.211 e. The molecule has 1 aromatic rings. The maximum atomic E-state index is 10.0. The van der Waals surface area contributed by atoms with Crippen LogP contribution in [0.25, 0.3) is 0 Å². The molecule has 69 valence electrons. The molecule has 0 heterocycles. The van der Waals surface area contributed by atoms with Gasteiger partial charge in [0.15, 0.2) is 0 Å². The van der Waals surface area contributed by atoms with Crippen molar-refractivity contribution in [1.29, 1.82) is 0 Å². The average Bonchev–Trinajstić information content (AvgIpc) is 2.15.